The summed E-state index contributed by atoms with van der Waals surface area (Å²) in [6.45, 7) is 8.54. The van der Waals surface area contributed by atoms with Crippen molar-refractivity contribution in [1.82, 2.24) is 10.1 Å². The second-order valence-corrected chi connectivity index (χ2v) is 4.23. The van der Waals surface area contributed by atoms with E-state index in [1.165, 1.54) is 6.26 Å². The quantitative estimate of drug-likeness (QED) is 0.816. The van der Waals surface area contributed by atoms with E-state index < -0.39 is 0 Å². The van der Waals surface area contributed by atoms with Crippen molar-refractivity contribution in [3.63, 3.8) is 0 Å². The molecule has 0 unspecified atom stereocenters. The predicted molar refractivity (Wildman–Crippen MR) is 57.7 cm³/mol. The number of nitrogens with one attached hydrogen (secondary N) is 1. The lowest BCUT2D eigenvalue weighted by atomic mass is 10.1. The molecular weight excluding hydrogens is 194 g/mol. The van der Waals surface area contributed by atoms with E-state index >= 15 is 0 Å². The van der Waals surface area contributed by atoms with Crippen molar-refractivity contribution in [1.29, 1.82) is 0 Å². The summed E-state index contributed by atoms with van der Waals surface area (Å²) in [5.41, 5.74) is -0.206. The first-order valence-electron chi connectivity index (χ1n) is 4.94. The summed E-state index contributed by atoms with van der Waals surface area (Å²) in [7, 11) is 0. The summed E-state index contributed by atoms with van der Waals surface area (Å²) >= 11 is 0. The Bertz CT molecular complexity index is 314. The molecule has 0 spiro atoms. The first-order chi connectivity index (χ1) is 6.95. The maximum Gasteiger partial charge on any atom is 0.323 e. The first-order valence-corrected chi connectivity index (χ1v) is 4.94. The van der Waals surface area contributed by atoms with Crippen molar-refractivity contribution in [2.24, 2.45) is 0 Å². The topological polar surface area (TPSA) is 58.4 Å². The number of rotatable bonds is 2. The molecular formula is C10H17N3O2. The van der Waals surface area contributed by atoms with Gasteiger partial charge in [0.15, 0.2) is 5.82 Å². The number of urea groups is 1. The molecule has 0 aliphatic carbocycles. The van der Waals surface area contributed by atoms with Gasteiger partial charge in [0.25, 0.3) is 0 Å². The summed E-state index contributed by atoms with van der Waals surface area (Å²) in [4.78, 5) is 13.5. The number of carbonyl (C=O) groups is 1. The van der Waals surface area contributed by atoms with Crippen molar-refractivity contribution in [3.05, 3.63) is 12.3 Å². The summed E-state index contributed by atoms with van der Waals surface area (Å²) in [5.74, 6) is 0.433. The maximum absolute atomic E-state index is 11.8. The van der Waals surface area contributed by atoms with Crippen LogP contribution in [-0.2, 0) is 0 Å². The highest BCUT2D eigenvalue weighted by Crippen LogP contribution is 2.14. The molecule has 84 valence electrons. The molecule has 0 aromatic carbocycles. The van der Waals surface area contributed by atoms with Gasteiger partial charge in [-0.3, -0.25) is 5.32 Å². The van der Waals surface area contributed by atoms with Crippen LogP contribution >= 0.6 is 0 Å². The number of carbonyl (C=O) groups excluding carboxylic acids is 1. The second-order valence-electron chi connectivity index (χ2n) is 4.23. The Morgan fingerprint density at radius 1 is 1.60 bits per heavy atom. The van der Waals surface area contributed by atoms with Gasteiger partial charge >= 0.3 is 6.03 Å². The molecule has 0 saturated carbocycles. The fourth-order valence-corrected chi connectivity index (χ4v) is 1.38. The Kier molecular flexibility index (Phi) is 3.34. The number of amides is 2. The third-order valence-electron chi connectivity index (χ3n) is 2.04. The summed E-state index contributed by atoms with van der Waals surface area (Å²) < 4.78 is 4.63. The summed E-state index contributed by atoms with van der Waals surface area (Å²) in [6.07, 6.45) is 1.42. The van der Waals surface area contributed by atoms with Crippen LogP contribution in [0.15, 0.2) is 16.9 Å². The Morgan fingerprint density at radius 2 is 2.27 bits per heavy atom. The molecule has 0 aliphatic heterocycles. The summed E-state index contributed by atoms with van der Waals surface area (Å²) in [6, 6.07) is 1.44. The summed E-state index contributed by atoms with van der Waals surface area (Å²) in [5, 5.41) is 6.28. The van der Waals surface area contributed by atoms with Crippen LogP contribution in [0.1, 0.15) is 27.7 Å². The van der Waals surface area contributed by atoms with Crippen molar-refractivity contribution in [3.8, 4) is 0 Å². The second kappa shape index (κ2) is 4.33. The lowest BCUT2D eigenvalue weighted by molar-refractivity contribution is 0.162. The van der Waals surface area contributed by atoms with Crippen LogP contribution in [0.2, 0.25) is 0 Å². The molecule has 0 bridgehead atoms. The number of aromatic nitrogens is 1. The number of nitrogens with zero attached hydrogens (tertiary/aromatic N) is 2. The highest BCUT2D eigenvalue weighted by Gasteiger charge is 2.25. The highest BCUT2D eigenvalue weighted by atomic mass is 16.5. The SMILES string of the molecule is CCN(C(=O)Nc1ccon1)C(C)(C)C. The maximum atomic E-state index is 11.8. The van der Waals surface area contributed by atoms with Gasteiger partial charge in [-0.05, 0) is 27.7 Å². The highest BCUT2D eigenvalue weighted by molar-refractivity contribution is 5.88. The van der Waals surface area contributed by atoms with Crippen molar-refractivity contribution >= 4 is 11.8 Å². The van der Waals surface area contributed by atoms with Gasteiger partial charge in [0, 0.05) is 18.2 Å². The molecule has 1 aromatic heterocycles. The van der Waals surface area contributed by atoms with Crippen LogP contribution in [0.3, 0.4) is 0 Å². The lowest BCUT2D eigenvalue weighted by Crippen LogP contribution is -2.47. The van der Waals surface area contributed by atoms with Gasteiger partial charge < -0.3 is 9.42 Å². The smallest absolute Gasteiger partial charge is 0.323 e. The molecule has 0 fully saturated rings. The zero-order valence-electron chi connectivity index (χ0n) is 9.57. The fourth-order valence-electron chi connectivity index (χ4n) is 1.38. The predicted octanol–water partition coefficient (Wildman–Crippen LogP) is 2.33. The van der Waals surface area contributed by atoms with Crippen LogP contribution in [0, 0.1) is 0 Å². The van der Waals surface area contributed by atoms with Crippen LogP contribution in [0.5, 0.6) is 0 Å². The van der Waals surface area contributed by atoms with Crippen LogP contribution < -0.4 is 5.32 Å². The largest absolute Gasteiger partial charge is 0.363 e. The van der Waals surface area contributed by atoms with E-state index in [2.05, 4.69) is 15.0 Å². The number of anilines is 1. The van der Waals surface area contributed by atoms with Gasteiger partial charge in [-0.25, -0.2) is 4.79 Å². The van der Waals surface area contributed by atoms with Gasteiger partial charge in [0.1, 0.15) is 6.26 Å². The molecule has 15 heavy (non-hydrogen) atoms. The lowest BCUT2D eigenvalue weighted by Gasteiger charge is -2.34. The molecule has 2 amide bonds. The van der Waals surface area contributed by atoms with Gasteiger partial charge in [-0.15, -0.1) is 0 Å². The fraction of sp³-hybridized carbons (Fsp3) is 0.600. The number of hydrogen-bond acceptors (Lipinski definition) is 3. The Morgan fingerprint density at radius 3 is 2.67 bits per heavy atom. The zero-order chi connectivity index (χ0) is 11.5. The third kappa shape index (κ3) is 2.97. The standard InChI is InChI=1S/C10H17N3O2/c1-5-13(10(2,3)4)9(14)11-8-6-7-15-12-8/h6-7H,5H2,1-4H3,(H,11,12,14). The minimum absolute atomic E-state index is 0.168. The molecule has 0 aliphatic rings. The van der Waals surface area contributed by atoms with Crippen LogP contribution in [0.4, 0.5) is 10.6 Å². The molecule has 1 N–H and O–H groups in total. The van der Waals surface area contributed by atoms with E-state index in [0.29, 0.717) is 12.4 Å². The molecule has 0 radical (unpaired) electrons. The van der Waals surface area contributed by atoms with Crippen molar-refractivity contribution < 1.29 is 9.32 Å². The molecule has 5 nitrogen and oxygen atoms in total. The molecule has 0 saturated heterocycles. The van der Waals surface area contributed by atoms with E-state index in [9.17, 15) is 4.79 Å². The van der Waals surface area contributed by atoms with E-state index in [4.69, 9.17) is 0 Å². The average molecular weight is 211 g/mol. The van der Waals surface area contributed by atoms with E-state index in [1.54, 1.807) is 11.0 Å². The average Bonchev–Trinajstić information content (AvgIpc) is 2.54. The Balaban J connectivity index is 2.67. The van der Waals surface area contributed by atoms with E-state index in [1.807, 2.05) is 27.7 Å². The number of hydrogen-bond donors (Lipinski definition) is 1. The molecule has 1 aromatic rings. The van der Waals surface area contributed by atoms with E-state index in [-0.39, 0.29) is 11.6 Å². The molecule has 5 heteroatoms. The van der Waals surface area contributed by atoms with Gasteiger partial charge in [0.2, 0.25) is 0 Å². The Hall–Kier alpha value is -1.52. The third-order valence-corrected chi connectivity index (χ3v) is 2.04. The van der Waals surface area contributed by atoms with Gasteiger partial charge in [-0.2, -0.15) is 0 Å². The minimum Gasteiger partial charge on any atom is -0.363 e. The monoisotopic (exact) mass is 211 g/mol. The Labute approximate surface area is 89.4 Å². The minimum atomic E-state index is -0.206. The molecule has 1 rings (SSSR count). The van der Waals surface area contributed by atoms with Crippen LogP contribution in [0.25, 0.3) is 0 Å². The first kappa shape index (κ1) is 11.6. The van der Waals surface area contributed by atoms with Gasteiger partial charge in [-0.1, -0.05) is 5.16 Å². The molecule has 0 atom stereocenters. The van der Waals surface area contributed by atoms with E-state index in [0.717, 1.165) is 0 Å². The van der Waals surface area contributed by atoms with Gasteiger partial charge in [0.05, 0.1) is 0 Å². The van der Waals surface area contributed by atoms with Crippen molar-refractivity contribution in [2.45, 2.75) is 33.2 Å². The molecule has 1 heterocycles. The normalized spacial score (nSPS) is 11.2. The zero-order valence-corrected chi connectivity index (χ0v) is 9.57. The van der Waals surface area contributed by atoms with Crippen molar-refractivity contribution in [2.75, 3.05) is 11.9 Å². The van der Waals surface area contributed by atoms with Crippen LogP contribution in [-0.4, -0.2) is 28.2 Å².